The van der Waals surface area contributed by atoms with Crippen LogP contribution in [-0.2, 0) is 16.1 Å². The monoisotopic (exact) mass is 413 g/mol. The molecule has 1 aliphatic carbocycles. The van der Waals surface area contributed by atoms with Crippen molar-refractivity contribution in [3.8, 4) is 5.75 Å². The molecular formula is C22H27N3O5. The van der Waals surface area contributed by atoms with Gasteiger partial charge in [0.05, 0.1) is 6.10 Å². The Morgan fingerprint density at radius 3 is 2.73 bits per heavy atom. The molecule has 1 aromatic rings. The Morgan fingerprint density at radius 1 is 1.10 bits per heavy atom. The second-order valence-corrected chi connectivity index (χ2v) is 8.81. The normalized spacial score (nSPS) is 31.9. The molecule has 4 aliphatic rings. The molecule has 3 heterocycles. The zero-order valence-electron chi connectivity index (χ0n) is 16.9. The highest BCUT2D eigenvalue weighted by molar-refractivity contribution is 6.05. The van der Waals surface area contributed by atoms with Crippen LogP contribution in [0.15, 0.2) is 18.2 Å². The van der Waals surface area contributed by atoms with Gasteiger partial charge in [0.15, 0.2) is 0 Å². The molecule has 30 heavy (non-hydrogen) atoms. The van der Waals surface area contributed by atoms with Gasteiger partial charge in [0.1, 0.15) is 17.9 Å². The first-order valence-corrected chi connectivity index (χ1v) is 10.9. The van der Waals surface area contributed by atoms with E-state index in [9.17, 15) is 19.5 Å². The van der Waals surface area contributed by atoms with Gasteiger partial charge in [-0.2, -0.15) is 0 Å². The molecule has 0 radical (unpaired) electrons. The Bertz CT molecular complexity index is 888. The van der Waals surface area contributed by atoms with E-state index in [0.717, 1.165) is 43.5 Å². The average molecular weight is 413 g/mol. The van der Waals surface area contributed by atoms with E-state index in [1.807, 2.05) is 12.1 Å². The van der Waals surface area contributed by atoms with Gasteiger partial charge < -0.3 is 14.7 Å². The Morgan fingerprint density at radius 2 is 1.97 bits per heavy atom. The molecule has 1 aromatic carbocycles. The largest absolute Gasteiger partial charge is 0.489 e. The molecule has 2 N–H and O–H groups in total. The van der Waals surface area contributed by atoms with E-state index in [2.05, 4.69) is 10.2 Å². The highest BCUT2D eigenvalue weighted by Crippen LogP contribution is 2.34. The van der Waals surface area contributed by atoms with E-state index in [0.29, 0.717) is 31.1 Å². The summed E-state index contributed by atoms with van der Waals surface area (Å²) < 4.78 is 6.33. The minimum absolute atomic E-state index is 0.0803. The van der Waals surface area contributed by atoms with Crippen LogP contribution in [0, 0.1) is 0 Å². The molecule has 3 fully saturated rings. The number of benzene rings is 1. The second-order valence-electron chi connectivity index (χ2n) is 8.81. The predicted octanol–water partition coefficient (Wildman–Crippen LogP) is 0.814. The molecule has 8 heteroatoms. The lowest BCUT2D eigenvalue weighted by atomic mass is 10.0. The summed E-state index contributed by atoms with van der Waals surface area (Å²) in [6, 6.07) is 5.24. The topological polar surface area (TPSA) is 99.2 Å². The lowest BCUT2D eigenvalue weighted by Crippen LogP contribution is -2.52. The Balaban J connectivity index is 1.29. The van der Waals surface area contributed by atoms with E-state index in [1.54, 1.807) is 11.0 Å². The first-order valence-electron chi connectivity index (χ1n) is 10.9. The molecule has 160 valence electrons. The third-order valence-corrected chi connectivity index (χ3v) is 6.86. The van der Waals surface area contributed by atoms with E-state index in [-0.39, 0.29) is 30.4 Å². The molecular weight excluding hydrogens is 386 g/mol. The maximum absolute atomic E-state index is 12.8. The number of nitrogens with zero attached hydrogens (tertiary/aromatic N) is 2. The van der Waals surface area contributed by atoms with Gasteiger partial charge in [0.25, 0.3) is 5.91 Å². The molecule has 0 aromatic heterocycles. The first kappa shape index (κ1) is 19.5. The van der Waals surface area contributed by atoms with Crippen molar-refractivity contribution in [3.05, 3.63) is 29.3 Å². The number of carbonyl (C=O) groups is 3. The Hall–Kier alpha value is -2.45. The van der Waals surface area contributed by atoms with Crippen molar-refractivity contribution in [3.63, 3.8) is 0 Å². The van der Waals surface area contributed by atoms with E-state index in [1.165, 1.54) is 0 Å². The number of imide groups is 1. The predicted molar refractivity (Wildman–Crippen MR) is 107 cm³/mol. The number of nitrogens with one attached hydrogen (secondary N) is 1. The molecule has 2 saturated heterocycles. The fraction of sp³-hybridized carbons (Fsp3) is 0.591. The van der Waals surface area contributed by atoms with Crippen LogP contribution in [0.4, 0.5) is 0 Å². The highest BCUT2D eigenvalue weighted by atomic mass is 16.5. The van der Waals surface area contributed by atoms with Crippen molar-refractivity contribution in [1.82, 2.24) is 15.1 Å². The number of rotatable bonds is 4. The van der Waals surface area contributed by atoms with Crippen molar-refractivity contribution < 1.29 is 24.2 Å². The Labute approximate surface area is 175 Å². The molecule has 8 nitrogen and oxygen atoms in total. The number of hydrogen-bond donors (Lipinski definition) is 2. The standard InChI is InChI=1S/C22H27N3O5/c26-14-8-9-24(12-14)17-2-1-3-19(17)30-15-4-5-16-13(10-15)11-25(22(16)29)18-6-7-20(27)23-21(18)28/h4-5,10,14,17-19,26H,1-3,6-9,11-12H2,(H,23,27,28)/t14?,17-,18?,19+/m0/s1. The van der Waals surface area contributed by atoms with Gasteiger partial charge in [0.2, 0.25) is 11.8 Å². The van der Waals surface area contributed by atoms with Crippen molar-refractivity contribution in [1.29, 1.82) is 0 Å². The van der Waals surface area contributed by atoms with Gasteiger partial charge >= 0.3 is 0 Å². The lowest BCUT2D eigenvalue weighted by Gasteiger charge is -2.29. The fourth-order valence-electron chi connectivity index (χ4n) is 5.33. The molecule has 5 rings (SSSR count). The molecule has 3 aliphatic heterocycles. The molecule has 4 atom stereocenters. The van der Waals surface area contributed by atoms with Gasteiger partial charge in [-0.3, -0.25) is 24.6 Å². The van der Waals surface area contributed by atoms with Crippen LogP contribution in [0.2, 0.25) is 0 Å². The summed E-state index contributed by atoms with van der Waals surface area (Å²) in [4.78, 5) is 40.3. The van der Waals surface area contributed by atoms with Crippen LogP contribution in [0.3, 0.4) is 0 Å². The van der Waals surface area contributed by atoms with Crippen LogP contribution in [0.1, 0.15) is 54.4 Å². The smallest absolute Gasteiger partial charge is 0.255 e. The van der Waals surface area contributed by atoms with Crippen molar-refractivity contribution in [2.24, 2.45) is 0 Å². The molecule has 0 bridgehead atoms. The summed E-state index contributed by atoms with van der Waals surface area (Å²) in [5.41, 5.74) is 1.45. The second kappa shape index (κ2) is 7.67. The minimum atomic E-state index is -0.604. The van der Waals surface area contributed by atoms with E-state index in [4.69, 9.17) is 4.74 Å². The molecule has 0 spiro atoms. The fourth-order valence-corrected chi connectivity index (χ4v) is 5.33. The maximum atomic E-state index is 12.8. The number of amides is 3. The number of piperidine rings is 1. The van der Waals surface area contributed by atoms with Gasteiger partial charge in [-0.25, -0.2) is 0 Å². The van der Waals surface area contributed by atoms with Crippen molar-refractivity contribution >= 4 is 17.7 Å². The number of fused-ring (bicyclic) bond motifs is 1. The van der Waals surface area contributed by atoms with Gasteiger partial charge in [-0.1, -0.05) is 0 Å². The highest BCUT2D eigenvalue weighted by Gasteiger charge is 2.40. The summed E-state index contributed by atoms with van der Waals surface area (Å²) in [5.74, 6) is -0.114. The Kier molecular flexibility index (Phi) is 4.99. The van der Waals surface area contributed by atoms with Crippen LogP contribution in [0.5, 0.6) is 5.75 Å². The third-order valence-electron chi connectivity index (χ3n) is 6.86. The van der Waals surface area contributed by atoms with E-state index >= 15 is 0 Å². The van der Waals surface area contributed by atoms with Crippen LogP contribution in [0.25, 0.3) is 0 Å². The van der Waals surface area contributed by atoms with Gasteiger partial charge in [0, 0.05) is 37.7 Å². The first-order chi connectivity index (χ1) is 14.5. The number of hydrogen-bond acceptors (Lipinski definition) is 6. The average Bonchev–Trinajstić information content (AvgIpc) is 3.41. The zero-order chi connectivity index (χ0) is 20.8. The molecule has 3 amide bonds. The molecule has 1 saturated carbocycles. The van der Waals surface area contributed by atoms with Gasteiger partial charge in [-0.15, -0.1) is 0 Å². The van der Waals surface area contributed by atoms with E-state index < -0.39 is 11.9 Å². The minimum Gasteiger partial charge on any atom is -0.489 e. The number of β-amino-alcohol motifs (C(OH)–C–C–N with tert-alkyl or cyclic N) is 1. The van der Waals surface area contributed by atoms with Crippen molar-refractivity contribution in [2.45, 2.75) is 69.4 Å². The summed E-state index contributed by atoms with van der Waals surface area (Å²) in [6.45, 7) is 1.97. The summed E-state index contributed by atoms with van der Waals surface area (Å²) >= 11 is 0. The summed E-state index contributed by atoms with van der Waals surface area (Å²) in [7, 11) is 0. The number of aliphatic hydroxyl groups is 1. The molecule has 2 unspecified atom stereocenters. The quantitative estimate of drug-likeness (QED) is 0.709. The number of likely N-dealkylation sites (tertiary alicyclic amines) is 1. The van der Waals surface area contributed by atoms with Crippen LogP contribution < -0.4 is 10.1 Å². The van der Waals surface area contributed by atoms with Crippen LogP contribution in [-0.4, -0.2) is 70.0 Å². The third kappa shape index (κ3) is 3.48. The summed E-state index contributed by atoms with van der Waals surface area (Å²) in [6.07, 6.45) is 4.43. The maximum Gasteiger partial charge on any atom is 0.255 e. The number of aliphatic hydroxyl groups excluding tert-OH is 1. The number of carbonyl (C=O) groups excluding carboxylic acids is 3. The zero-order valence-corrected chi connectivity index (χ0v) is 16.9. The lowest BCUT2D eigenvalue weighted by molar-refractivity contribution is -0.136. The van der Waals surface area contributed by atoms with Gasteiger partial charge in [-0.05, 0) is 55.9 Å². The summed E-state index contributed by atoms with van der Waals surface area (Å²) in [5, 5.41) is 12.2. The SMILES string of the molecule is O=C1CCC(N2Cc3cc(O[C@@H]4CCC[C@@H]4N4CCC(O)C4)ccc3C2=O)C(=O)N1. The van der Waals surface area contributed by atoms with Crippen LogP contribution >= 0.6 is 0 Å². The number of ether oxygens (including phenoxy) is 1. The van der Waals surface area contributed by atoms with Crippen molar-refractivity contribution in [2.75, 3.05) is 13.1 Å².